The Morgan fingerprint density at radius 1 is 1.37 bits per heavy atom. The number of methoxy groups -OCH3 is 1. The molecule has 0 aliphatic carbocycles. The number of likely N-dealkylation sites (tertiary alicyclic amines) is 1. The molecule has 1 aliphatic heterocycles. The maximum Gasteiger partial charge on any atom is 0.328 e. The summed E-state index contributed by atoms with van der Waals surface area (Å²) < 4.78 is 10.3. The Bertz CT molecular complexity index is 865. The van der Waals surface area contributed by atoms with Crippen LogP contribution in [0.5, 0.6) is 5.75 Å². The summed E-state index contributed by atoms with van der Waals surface area (Å²) in [7, 11) is 1.31. The minimum atomic E-state index is -0.545. The van der Waals surface area contributed by atoms with Crippen molar-refractivity contribution in [1.29, 1.82) is 0 Å². The van der Waals surface area contributed by atoms with E-state index in [1.165, 1.54) is 35.5 Å². The van der Waals surface area contributed by atoms with E-state index >= 15 is 0 Å². The molecule has 8 nitrogen and oxygen atoms in total. The number of thiophene rings is 1. The molecule has 3 rings (SSSR count). The fraction of sp³-hybridized carbons (Fsp3) is 0.333. The van der Waals surface area contributed by atoms with Crippen molar-refractivity contribution in [2.24, 2.45) is 0 Å². The molecule has 2 aromatic rings. The van der Waals surface area contributed by atoms with Crippen molar-refractivity contribution in [3.8, 4) is 5.75 Å². The highest BCUT2D eigenvalue weighted by atomic mass is 32.1. The summed E-state index contributed by atoms with van der Waals surface area (Å²) in [6, 6.07) is 7.27. The summed E-state index contributed by atoms with van der Waals surface area (Å²) >= 11 is 1.25. The Labute approximate surface area is 159 Å². The second-order valence-corrected chi connectivity index (χ2v) is 6.92. The average Bonchev–Trinajstić information content (AvgIpc) is 3.35. The van der Waals surface area contributed by atoms with E-state index in [-0.39, 0.29) is 24.0 Å². The number of carbonyl (C=O) groups is 2. The van der Waals surface area contributed by atoms with Gasteiger partial charge in [0, 0.05) is 18.2 Å². The number of nitro benzene ring substituents is 1. The number of hydrogen-bond donors (Lipinski definition) is 0. The van der Waals surface area contributed by atoms with E-state index in [4.69, 9.17) is 9.47 Å². The average molecular weight is 390 g/mol. The fourth-order valence-corrected chi connectivity index (χ4v) is 3.84. The zero-order chi connectivity index (χ0) is 19.4. The lowest BCUT2D eigenvalue weighted by Crippen LogP contribution is -2.40. The first-order valence-corrected chi connectivity index (χ1v) is 9.21. The molecule has 1 saturated heterocycles. The molecular weight excluding hydrogens is 372 g/mol. The number of ether oxygens (including phenoxy) is 2. The molecule has 142 valence electrons. The van der Waals surface area contributed by atoms with Gasteiger partial charge in [-0.15, -0.1) is 11.3 Å². The quantitative estimate of drug-likeness (QED) is 0.427. The van der Waals surface area contributed by atoms with Crippen molar-refractivity contribution in [2.45, 2.75) is 25.5 Å². The standard InChI is InChI=1S/C18H18N2O6S/c1-25-18(22)14-6-4-8-19(14)17(21)16-9-12(11-27-16)10-26-15-7-3-2-5-13(15)20(23)24/h2-3,5,7,9,11,14H,4,6,8,10H2,1H3. The van der Waals surface area contributed by atoms with Gasteiger partial charge in [-0.25, -0.2) is 4.79 Å². The van der Waals surface area contributed by atoms with Crippen molar-refractivity contribution in [3.05, 3.63) is 56.3 Å². The van der Waals surface area contributed by atoms with Gasteiger partial charge < -0.3 is 14.4 Å². The first-order valence-electron chi connectivity index (χ1n) is 8.33. The number of para-hydroxylation sites is 2. The van der Waals surface area contributed by atoms with Crippen molar-refractivity contribution >= 4 is 28.9 Å². The van der Waals surface area contributed by atoms with Gasteiger partial charge in [0.05, 0.1) is 16.9 Å². The molecule has 0 saturated carbocycles. The van der Waals surface area contributed by atoms with Crippen LogP contribution in [0.25, 0.3) is 0 Å². The third-order valence-electron chi connectivity index (χ3n) is 4.31. The van der Waals surface area contributed by atoms with Crippen LogP contribution in [-0.4, -0.2) is 41.4 Å². The predicted molar refractivity (Wildman–Crippen MR) is 97.8 cm³/mol. The molecule has 0 radical (unpaired) electrons. The zero-order valence-corrected chi connectivity index (χ0v) is 15.4. The number of rotatable bonds is 6. The molecule has 0 N–H and O–H groups in total. The minimum Gasteiger partial charge on any atom is -0.482 e. The Balaban J connectivity index is 1.67. The number of carbonyl (C=O) groups excluding carboxylic acids is 2. The Morgan fingerprint density at radius 3 is 2.89 bits per heavy atom. The summed E-state index contributed by atoms with van der Waals surface area (Å²) in [4.78, 5) is 37.1. The fourth-order valence-electron chi connectivity index (χ4n) is 2.99. The van der Waals surface area contributed by atoms with Gasteiger partial charge in [-0.3, -0.25) is 14.9 Å². The lowest BCUT2D eigenvalue weighted by molar-refractivity contribution is -0.385. The summed E-state index contributed by atoms with van der Waals surface area (Å²) in [6.45, 7) is 0.619. The van der Waals surface area contributed by atoms with E-state index in [2.05, 4.69) is 0 Å². The van der Waals surface area contributed by atoms with E-state index in [0.717, 1.165) is 12.0 Å². The first-order chi connectivity index (χ1) is 13.0. The van der Waals surface area contributed by atoms with Gasteiger partial charge in [-0.2, -0.15) is 0 Å². The number of hydrogen-bond acceptors (Lipinski definition) is 7. The van der Waals surface area contributed by atoms with Gasteiger partial charge in [0.2, 0.25) is 0 Å². The predicted octanol–water partition coefficient (Wildman–Crippen LogP) is 3.01. The van der Waals surface area contributed by atoms with Crippen LogP contribution in [0.15, 0.2) is 35.7 Å². The lowest BCUT2D eigenvalue weighted by atomic mass is 10.2. The highest BCUT2D eigenvalue weighted by Crippen LogP contribution is 2.28. The molecule has 1 aromatic heterocycles. The molecule has 0 bridgehead atoms. The van der Waals surface area contributed by atoms with Crippen LogP contribution in [-0.2, 0) is 16.1 Å². The summed E-state index contributed by atoms with van der Waals surface area (Å²) in [6.07, 6.45) is 1.35. The van der Waals surface area contributed by atoms with Gasteiger partial charge >= 0.3 is 11.7 Å². The third kappa shape index (κ3) is 4.08. The van der Waals surface area contributed by atoms with Crippen molar-refractivity contribution in [3.63, 3.8) is 0 Å². The van der Waals surface area contributed by atoms with Gasteiger partial charge in [0.25, 0.3) is 5.91 Å². The van der Waals surface area contributed by atoms with E-state index in [9.17, 15) is 19.7 Å². The van der Waals surface area contributed by atoms with Crippen molar-refractivity contribution in [1.82, 2.24) is 4.90 Å². The van der Waals surface area contributed by atoms with Gasteiger partial charge in [-0.05, 0) is 30.4 Å². The zero-order valence-electron chi connectivity index (χ0n) is 14.6. The monoisotopic (exact) mass is 390 g/mol. The Kier molecular flexibility index (Phi) is 5.70. The smallest absolute Gasteiger partial charge is 0.328 e. The summed E-state index contributed by atoms with van der Waals surface area (Å²) in [5, 5.41) is 12.8. The highest BCUT2D eigenvalue weighted by molar-refractivity contribution is 7.12. The highest BCUT2D eigenvalue weighted by Gasteiger charge is 2.35. The van der Waals surface area contributed by atoms with E-state index < -0.39 is 16.9 Å². The number of esters is 1. The molecule has 0 spiro atoms. The molecule has 1 fully saturated rings. The first kappa shape index (κ1) is 18.8. The van der Waals surface area contributed by atoms with Crippen LogP contribution in [0.3, 0.4) is 0 Å². The summed E-state index contributed by atoms with van der Waals surface area (Å²) in [5.74, 6) is -0.450. The largest absolute Gasteiger partial charge is 0.482 e. The van der Waals surface area contributed by atoms with Crippen LogP contribution in [0.4, 0.5) is 5.69 Å². The van der Waals surface area contributed by atoms with Crippen LogP contribution < -0.4 is 4.74 Å². The third-order valence-corrected chi connectivity index (χ3v) is 5.27. The summed E-state index contributed by atoms with van der Waals surface area (Å²) in [5.41, 5.74) is 0.623. The van der Waals surface area contributed by atoms with Crippen molar-refractivity contribution in [2.75, 3.05) is 13.7 Å². The second kappa shape index (κ2) is 8.17. The maximum atomic E-state index is 12.7. The van der Waals surface area contributed by atoms with E-state index in [0.29, 0.717) is 17.8 Å². The van der Waals surface area contributed by atoms with Crippen LogP contribution in [0.1, 0.15) is 28.1 Å². The number of benzene rings is 1. The second-order valence-electron chi connectivity index (χ2n) is 6.01. The normalized spacial score (nSPS) is 16.2. The molecule has 1 atom stereocenters. The molecule has 2 heterocycles. The van der Waals surface area contributed by atoms with Gasteiger partial charge in [0.1, 0.15) is 12.6 Å². The molecule has 27 heavy (non-hydrogen) atoms. The Morgan fingerprint density at radius 2 is 2.15 bits per heavy atom. The molecule has 1 unspecified atom stereocenters. The lowest BCUT2D eigenvalue weighted by Gasteiger charge is -2.21. The van der Waals surface area contributed by atoms with Gasteiger partial charge in [0.15, 0.2) is 5.75 Å². The number of amides is 1. The molecule has 9 heteroatoms. The van der Waals surface area contributed by atoms with E-state index in [1.807, 2.05) is 0 Å². The van der Waals surface area contributed by atoms with E-state index in [1.54, 1.807) is 23.6 Å². The van der Waals surface area contributed by atoms with Gasteiger partial charge in [-0.1, -0.05) is 12.1 Å². The molecular formula is C18H18N2O6S. The SMILES string of the molecule is COC(=O)C1CCCN1C(=O)c1cc(COc2ccccc2[N+](=O)[O-])cs1. The minimum absolute atomic E-state index is 0.106. The van der Waals surface area contributed by atoms with Crippen LogP contribution in [0, 0.1) is 10.1 Å². The van der Waals surface area contributed by atoms with Crippen LogP contribution >= 0.6 is 11.3 Å². The van der Waals surface area contributed by atoms with Crippen LogP contribution in [0.2, 0.25) is 0 Å². The Hall–Kier alpha value is -2.94. The van der Waals surface area contributed by atoms with Crippen molar-refractivity contribution < 1.29 is 24.0 Å². The number of nitrogens with zero attached hydrogens (tertiary/aromatic N) is 2. The maximum absolute atomic E-state index is 12.7. The topological polar surface area (TPSA) is 99.0 Å². The molecule has 1 aromatic carbocycles. The number of nitro groups is 1. The molecule has 1 aliphatic rings. The molecule has 1 amide bonds.